The highest BCUT2D eigenvalue weighted by atomic mass is 35.5. The summed E-state index contributed by atoms with van der Waals surface area (Å²) >= 11 is 12.9. The molecule has 0 aliphatic heterocycles. The monoisotopic (exact) mass is 598 g/mol. The molecule has 1 N–H and O–H groups in total. The summed E-state index contributed by atoms with van der Waals surface area (Å²) in [5, 5.41) is 3.67. The van der Waals surface area contributed by atoms with Gasteiger partial charge in [0.25, 0.3) is 15.9 Å². The molecule has 1 heterocycles. The van der Waals surface area contributed by atoms with Gasteiger partial charge < -0.3 is 10.1 Å². The average Bonchev–Trinajstić information content (AvgIpc) is 3.22. The Kier molecular flexibility index (Phi) is 6.89. The van der Waals surface area contributed by atoms with Gasteiger partial charge >= 0.3 is 5.97 Å². The van der Waals surface area contributed by atoms with Crippen LogP contribution in [-0.2, 0) is 19.6 Å². The molecule has 1 aromatic heterocycles. The molecule has 0 spiro atoms. The predicted molar refractivity (Wildman–Crippen MR) is 153 cm³/mol. The van der Waals surface area contributed by atoms with Gasteiger partial charge in [0.15, 0.2) is 5.69 Å². The fourth-order valence-electron chi connectivity index (χ4n) is 7.42. The topological polar surface area (TPSA) is 94.5 Å². The number of carbonyl (C=O) groups is 2. The summed E-state index contributed by atoms with van der Waals surface area (Å²) in [4.78, 5) is 26.5. The Hall–Kier alpha value is -2.99. The molecular formula is C30H28Cl2N2O5S. The normalized spacial score (nSPS) is 24.9. The number of hydrogen-bond acceptors (Lipinski definition) is 5. The molecule has 0 unspecified atom stereocenters. The summed E-state index contributed by atoms with van der Waals surface area (Å²) in [6, 6.07) is 10.6. The number of nitrogens with one attached hydrogen (secondary N) is 1. The van der Waals surface area contributed by atoms with Crippen molar-refractivity contribution in [2.75, 3.05) is 6.61 Å². The van der Waals surface area contributed by atoms with Crippen LogP contribution in [0.4, 0.5) is 0 Å². The first-order valence-corrected chi connectivity index (χ1v) is 15.6. The van der Waals surface area contributed by atoms with Crippen LogP contribution in [0.15, 0.2) is 47.4 Å². The minimum Gasteiger partial charge on any atom is -0.461 e. The standard InChI is InChI=1S/C30H28Cl2N2O5S/c1-2-39-29(36)28-23(8-9-26(35)33-30-15-18-10-19(16-30)12-20(11-18)17-30)27-24(32)13-21(31)14-25(27)34(28)40(37,38)22-6-4-3-5-7-22/h3-7,13-14,18-20H,2,10-12,15-17H2,1H3,(H,33,35). The third kappa shape index (κ3) is 4.68. The number of benzene rings is 2. The summed E-state index contributed by atoms with van der Waals surface area (Å²) in [6.07, 6.45) is 6.58. The molecule has 208 valence electrons. The Morgan fingerprint density at radius 2 is 1.68 bits per heavy atom. The summed E-state index contributed by atoms with van der Waals surface area (Å²) in [7, 11) is -4.32. The lowest BCUT2D eigenvalue weighted by molar-refractivity contribution is -0.121. The third-order valence-electron chi connectivity index (χ3n) is 8.41. The van der Waals surface area contributed by atoms with Crippen molar-refractivity contribution in [3.05, 3.63) is 63.8 Å². The first-order chi connectivity index (χ1) is 19.1. The molecule has 1 amide bonds. The number of ether oxygens (including phenoxy) is 1. The largest absolute Gasteiger partial charge is 0.461 e. The van der Waals surface area contributed by atoms with Gasteiger partial charge in [-0.15, -0.1) is 0 Å². The second-order valence-electron chi connectivity index (χ2n) is 11.2. The van der Waals surface area contributed by atoms with Crippen LogP contribution in [0.2, 0.25) is 10.0 Å². The second kappa shape index (κ2) is 10.1. The minimum atomic E-state index is -4.32. The van der Waals surface area contributed by atoms with Crippen molar-refractivity contribution in [1.29, 1.82) is 0 Å². The number of rotatable bonds is 5. The molecule has 0 atom stereocenters. The maximum Gasteiger partial charge on any atom is 0.357 e. The van der Waals surface area contributed by atoms with Crippen molar-refractivity contribution in [3.8, 4) is 11.8 Å². The molecule has 4 aliphatic rings. The number of hydrogen-bond donors (Lipinski definition) is 1. The zero-order valence-electron chi connectivity index (χ0n) is 21.9. The van der Waals surface area contributed by atoms with Gasteiger partial charge in [-0.25, -0.2) is 17.2 Å². The van der Waals surface area contributed by atoms with Crippen LogP contribution >= 0.6 is 23.2 Å². The van der Waals surface area contributed by atoms with E-state index in [2.05, 4.69) is 17.2 Å². The summed E-state index contributed by atoms with van der Waals surface area (Å²) < 4.78 is 34.0. The lowest BCUT2D eigenvalue weighted by atomic mass is 9.53. The van der Waals surface area contributed by atoms with Gasteiger partial charge in [0, 0.05) is 21.9 Å². The summed E-state index contributed by atoms with van der Waals surface area (Å²) in [5.74, 6) is 5.99. The van der Waals surface area contributed by atoms with Crippen molar-refractivity contribution in [3.63, 3.8) is 0 Å². The van der Waals surface area contributed by atoms with Crippen LogP contribution in [0.3, 0.4) is 0 Å². The van der Waals surface area contributed by atoms with E-state index in [4.69, 9.17) is 27.9 Å². The number of aromatic nitrogens is 1. The second-order valence-corrected chi connectivity index (χ2v) is 13.8. The molecule has 7 nitrogen and oxygen atoms in total. The Morgan fingerprint density at radius 3 is 2.27 bits per heavy atom. The minimum absolute atomic E-state index is 0.000391. The molecule has 0 radical (unpaired) electrons. The number of esters is 1. The van der Waals surface area contributed by atoms with Crippen molar-refractivity contribution in [2.45, 2.75) is 55.9 Å². The van der Waals surface area contributed by atoms with Crippen LogP contribution in [0, 0.1) is 29.6 Å². The molecule has 10 heteroatoms. The molecular weight excluding hydrogens is 571 g/mol. The Labute approximate surface area is 243 Å². The lowest BCUT2D eigenvalue weighted by Crippen LogP contribution is -2.59. The Balaban J connectivity index is 1.49. The fourth-order valence-corrected chi connectivity index (χ4v) is 9.51. The zero-order valence-corrected chi connectivity index (χ0v) is 24.2. The van der Waals surface area contributed by atoms with Crippen molar-refractivity contribution in [1.82, 2.24) is 9.29 Å². The van der Waals surface area contributed by atoms with Crippen LogP contribution < -0.4 is 5.32 Å². The molecule has 4 bridgehead atoms. The number of halogens is 2. The Bertz CT molecular complexity index is 1670. The first kappa shape index (κ1) is 27.2. The molecule has 2 aromatic carbocycles. The third-order valence-corrected chi connectivity index (χ3v) is 10.7. The van der Waals surface area contributed by atoms with Crippen molar-refractivity contribution < 1.29 is 22.7 Å². The smallest absolute Gasteiger partial charge is 0.357 e. The first-order valence-electron chi connectivity index (χ1n) is 13.5. The van der Waals surface area contributed by atoms with E-state index < -0.39 is 21.9 Å². The van der Waals surface area contributed by atoms with E-state index in [-0.39, 0.29) is 49.2 Å². The number of carbonyl (C=O) groups excluding carboxylic acids is 2. The van der Waals surface area contributed by atoms with Gasteiger partial charge in [0.1, 0.15) is 0 Å². The van der Waals surface area contributed by atoms with Crippen LogP contribution in [0.25, 0.3) is 10.9 Å². The van der Waals surface area contributed by atoms with Crippen molar-refractivity contribution in [2.24, 2.45) is 17.8 Å². The van der Waals surface area contributed by atoms with E-state index >= 15 is 0 Å². The van der Waals surface area contributed by atoms with E-state index in [1.807, 2.05) is 0 Å². The van der Waals surface area contributed by atoms with E-state index in [0.717, 1.165) is 23.2 Å². The van der Waals surface area contributed by atoms with Gasteiger partial charge in [-0.3, -0.25) is 4.79 Å². The lowest BCUT2D eigenvalue weighted by Gasteiger charge is -2.56. The van der Waals surface area contributed by atoms with E-state index in [1.165, 1.54) is 43.5 Å². The summed E-state index contributed by atoms with van der Waals surface area (Å²) in [6.45, 7) is 1.62. The number of fused-ring (bicyclic) bond motifs is 1. The highest BCUT2D eigenvalue weighted by molar-refractivity contribution is 7.90. The zero-order chi connectivity index (χ0) is 28.2. The van der Waals surface area contributed by atoms with Gasteiger partial charge in [0.05, 0.1) is 27.6 Å². The number of nitrogens with zero attached hydrogens (tertiary/aromatic N) is 1. The Morgan fingerprint density at radius 1 is 1.05 bits per heavy atom. The molecule has 4 saturated carbocycles. The quantitative estimate of drug-likeness (QED) is 0.296. The number of amides is 1. The summed E-state index contributed by atoms with van der Waals surface area (Å²) in [5.41, 5.74) is -0.522. The van der Waals surface area contributed by atoms with Crippen LogP contribution in [0.5, 0.6) is 0 Å². The van der Waals surface area contributed by atoms with Gasteiger partial charge in [-0.05, 0) is 87.5 Å². The van der Waals surface area contributed by atoms with Gasteiger partial charge in [-0.2, -0.15) is 0 Å². The van der Waals surface area contributed by atoms with E-state index in [9.17, 15) is 18.0 Å². The highest BCUT2D eigenvalue weighted by Gasteiger charge is 2.51. The van der Waals surface area contributed by atoms with E-state index in [1.54, 1.807) is 25.1 Å². The molecule has 4 fully saturated rings. The molecule has 3 aromatic rings. The highest BCUT2D eigenvalue weighted by Crippen LogP contribution is 2.55. The van der Waals surface area contributed by atoms with Gasteiger partial charge in [-0.1, -0.05) is 47.3 Å². The predicted octanol–water partition coefficient (Wildman–Crippen LogP) is 5.80. The van der Waals surface area contributed by atoms with E-state index in [0.29, 0.717) is 17.8 Å². The van der Waals surface area contributed by atoms with Crippen LogP contribution in [-0.4, -0.2) is 36.4 Å². The molecule has 4 aliphatic carbocycles. The molecule has 7 rings (SSSR count). The van der Waals surface area contributed by atoms with Crippen molar-refractivity contribution >= 4 is 56.0 Å². The maximum absolute atomic E-state index is 13.9. The molecule has 40 heavy (non-hydrogen) atoms. The maximum atomic E-state index is 13.9. The van der Waals surface area contributed by atoms with Gasteiger partial charge in [0.2, 0.25) is 0 Å². The van der Waals surface area contributed by atoms with Crippen LogP contribution in [0.1, 0.15) is 61.5 Å². The average molecular weight is 600 g/mol. The molecule has 0 saturated heterocycles. The fraction of sp³-hybridized carbons (Fsp3) is 0.400. The SMILES string of the molecule is CCOC(=O)c1c(C#CC(=O)NC23CC4CC(CC(C4)C2)C3)c2c(Cl)cc(Cl)cc2n1S(=O)(=O)c1ccccc1.